The summed E-state index contributed by atoms with van der Waals surface area (Å²) in [5.41, 5.74) is 2.56. The van der Waals surface area contributed by atoms with E-state index in [9.17, 15) is 4.79 Å². The van der Waals surface area contributed by atoms with Gasteiger partial charge in [0.05, 0.1) is 30.7 Å². The lowest BCUT2D eigenvalue weighted by Crippen LogP contribution is -2.40. The molecule has 114 valence electrons. The van der Waals surface area contributed by atoms with Crippen molar-refractivity contribution in [3.63, 3.8) is 0 Å². The van der Waals surface area contributed by atoms with Crippen LogP contribution in [0.5, 0.6) is 0 Å². The maximum absolute atomic E-state index is 12.5. The predicted molar refractivity (Wildman–Crippen MR) is 85.5 cm³/mol. The highest BCUT2D eigenvalue weighted by Gasteiger charge is 2.19. The fourth-order valence-corrected chi connectivity index (χ4v) is 2.48. The summed E-state index contributed by atoms with van der Waals surface area (Å²) < 4.78 is 5.29. The monoisotopic (exact) mass is 297 g/mol. The topological polar surface area (TPSA) is 45.7 Å². The SMILES string of the molecule is CN(c1ccccc1)c1cncc(C(=O)N2CCOCC2)c1. The number of ether oxygens (including phenoxy) is 1. The molecule has 0 N–H and O–H groups in total. The van der Waals surface area contributed by atoms with Crippen LogP contribution >= 0.6 is 0 Å². The van der Waals surface area contributed by atoms with E-state index in [1.807, 2.05) is 53.2 Å². The van der Waals surface area contributed by atoms with Crippen molar-refractivity contribution in [1.29, 1.82) is 0 Å². The number of hydrogen-bond donors (Lipinski definition) is 0. The lowest BCUT2D eigenvalue weighted by Gasteiger charge is -2.27. The summed E-state index contributed by atoms with van der Waals surface area (Å²) >= 11 is 0. The van der Waals surface area contributed by atoms with Crippen molar-refractivity contribution in [3.05, 3.63) is 54.4 Å². The molecular weight excluding hydrogens is 278 g/mol. The van der Waals surface area contributed by atoms with Crippen molar-refractivity contribution in [2.45, 2.75) is 0 Å². The summed E-state index contributed by atoms with van der Waals surface area (Å²) in [4.78, 5) is 20.6. The fraction of sp³-hybridized carbons (Fsp3) is 0.294. The first-order chi connectivity index (χ1) is 10.8. The smallest absolute Gasteiger partial charge is 0.255 e. The van der Waals surface area contributed by atoms with Gasteiger partial charge in [0.25, 0.3) is 5.91 Å². The summed E-state index contributed by atoms with van der Waals surface area (Å²) in [5.74, 6) is 0.0131. The molecule has 1 aliphatic heterocycles. The molecule has 2 aromatic rings. The van der Waals surface area contributed by atoms with Gasteiger partial charge in [-0.05, 0) is 18.2 Å². The molecule has 0 atom stereocenters. The van der Waals surface area contributed by atoms with E-state index < -0.39 is 0 Å². The Morgan fingerprint density at radius 2 is 1.86 bits per heavy atom. The predicted octanol–water partition coefficient (Wildman–Crippen LogP) is 2.32. The van der Waals surface area contributed by atoms with Crippen LogP contribution in [-0.4, -0.2) is 49.1 Å². The number of aromatic nitrogens is 1. The Morgan fingerprint density at radius 1 is 1.14 bits per heavy atom. The number of rotatable bonds is 3. The first kappa shape index (κ1) is 14.5. The van der Waals surface area contributed by atoms with Gasteiger partial charge in [0.1, 0.15) is 0 Å². The number of para-hydroxylation sites is 1. The summed E-state index contributed by atoms with van der Waals surface area (Å²) in [5, 5.41) is 0. The number of amides is 1. The number of carbonyl (C=O) groups excluding carboxylic acids is 1. The van der Waals surface area contributed by atoms with Crippen molar-refractivity contribution < 1.29 is 9.53 Å². The molecule has 5 nitrogen and oxygen atoms in total. The second-order valence-electron chi connectivity index (χ2n) is 5.23. The van der Waals surface area contributed by atoms with Crippen molar-refractivity contribution in [2.24, 2.45) is 0 Å². The Morgan fingerprint density at radius 3 is 2.59 bits per heavy atom. The standard InChI is InChI=1S/C17H19N3O2/c1-19(15-5-3-2-4-6-15)16-11-14(12-18-13-16)17(21)20-7-9-22-10-8-20/h2-6,11-13H,7-10H2,1H3. The molecule has 2 heterocycles. The zero-order chi connectivity index (χ0) is 15.4. The van der Waals surface area contributed by atoms with Gasteiger partial charge in [0.2, 0.25) is 0 Å². The second-order valence-corrected chi connectivity index (χ2v) is 5.23. The lowest BCUT2D eigenvalue weighted by atomic mass is 10.2. The third-order valence-electron chi connectivity index (χ3n) is 3.80. The number of pyridine rings is 1. The largest absolute Gasteiger partial charge is 0.378 e. The van der Waals surface area contributed by atoms with Gasteiger partial charge in [0.15, 0.2) is 0 Å². The van der Waals surface area contributed by atoms with Gasteiger partial charge in [-0.2, -0.15) is 0 Å². The maximum atomic E-state index is 12.5. The quantitative estimate of drug-likeness (QED) is 0.872. The number of benzene rings is 1. The Labute approximate surface area is 130 Å². The molecule has 1 aromatic carbocycles. The van der Waals surface area contributed by atoms with E-state index in [0.717, 1.165) is 11.4 Å². The summed E-state index contributed by atoms with van der Waals surface area (Å²) in [7, 11) is 1.97. The van der Waals surface area contributed by atoms with E-state index in [1.165, 1.54) is 0 Å². The molecule has 3 rings (SSSR count). The third kappa shape index (κ3) is 3.09. The van der Waals surface area contributed by atoms with Gasteiger partial charge in [-0.3, -0.25) is 9.78 Å². The van der Waals surface area contributed by atoms with Crippen molar-refractivity contribution in [3.8, 4) is 0 Å². The van der Waals surface area contributed by atoms with E-state index >= 15 is 0 Å². The van der Waals surface area contributed by atoms with Crippen LogP contribution < -0.4 is 4.90 Å². The molecule has 1 saturated heterocycles. The van der Waals surface area contributed by atoms with Gasteiger partial charge in [-0.1, -0.05) is 18.2 Å². The number of morpholine rings is 1. The van der Waals surface area contributed by atoms with Gasteiger partial charge in [0, 0.05) is 32.0 Å². The molecule has 0 radical (unpaired) electrons. The Bertz CT molecular complexity index is 639. The average molecular weight is 297 g/mol. The van der Waals surface area contributed by atoms with Crippen molar-refractivity contribution >= 4 is 17.3 Å². The molecule has 0 bridgehead atoms. The first-order valence-corrected chi connectivity index (χ1v) is 7.36. The van der Waals surface area contributed by atoms with Crippen LogP contribution in [0.1, 0.15) is 10.4 Å². The fourth-order valence-electron chi connectivity index (χ4n) is 2.48. The zero-order valence-electron chi connectivity index (χ0n) is 12.6. The van der Waals surface area contributed by atoms with E-state index in [1.54, 1.807) is 12.4 Å². The molecule has 0 aliphatic carbocycles. The number of nitrogens with zero attached hydrogens (tertiary/aromatic N) is 3. The van der Waals surface area contributed by atoms with Crippen molar-refractivity contribution in [1.82, 2.24) is 9.88 Å². The van der Waals surface area contributed by atoms with Crippen molar-refractivity contribution in [2.75, 3.05) is 38.3 Å². The minimum Gasteiger partial charge on any atom is -0.378 e. The molecule has 1 amide bonds. The molecule has 0 saturated carbocycles. The Kier molecular flexibility index (Phi) is 4.34. The molecule has 1 fully saturated rings. The van der Waals surface area contributed by atoms with E-state index in [4.69, 9.17) is 4.74 Å². The minimum atomic E-state index is 0.0131. The molecule has 1 aromatic heterocycles. The van der Waals surface area contributed by atoms with Gasteiger partial charge >= 0.3 is 0 Å². The lowest BCUT2D eigenvalue weighted by molar-refractivity contribution is 0.0302. The van der Waals surface area contributed by atoms with Crippen LogP contribution in [0.4, 0.5) is 11.4 Å². The molecule has 22 heavy (non-hydrogen) atoms. The Hall–Kier alpha value is -2.40. The van der Waals surface area contributed by atoms with Crippen LogP contribution in [-0.2, 0) is 4.74 Å². The number of carbonyl (C=O) groups is 1. The maximum Gasteiger partial charge on any atom is 0.255 e. The van der Waals surface area contributed by atoms with Crippen LogP contribution in [0.15, 0.2) is 48.8 Å². The number of hydrogen-bond acceptors (Lipinski definition) is 4. The minimum absolute atomic E-state index is 0.0131. The summed E-state index contributed by atoms with van der Waals surface area (Å²) in [6.45, 7) is 2.47. The van der Waals surface area contributed by atoms with Crippen LogP contribution in [0, 0.1) is 0 Å². The molecule has 1 aliphatic rings. The highest BCUT2D eigenvalue weighted by Crippen LogP contribution is 2.23. The highest BCUT2D eigenvalue weighted by molar-refractivity contribution is 5.95. The second kappa shape index (κ2) is 6.58. The highest BCUT2D eigenvalue weighted by atomic mass is 16.5. The Balaban J connectivity index is 1.81. The molecule has 5 heteroatoms. The van der Waals surface area contributed by atoms with Gasteiger partial charge in [-0.25, -0.2) is 0 Å². The number of anilines is 2. The summed E-state index contributed by atoms with van der Waals surface area (Å²) in [6, 6.07) is 11.9. The summed E-state index contributed by atoms with van der Waals surface area (Å²) in [6.07, 6.45) is 3.39. The zero-order valence-corrected chi connectivity index (χ0v) is 12.6. The molecule has 0 unspecified atom stereocenters. The third-order valence-corrected chi connectivity index (χ3v) is 3.80. The molecule has 0 spiro atoms. The van der Waals surface area contributed by atoms with E-state index in [0.29, 0.717) is 31.9 Å². The first-order valence-electron chi connectivity index (χ1n) is 7.36. The normalized spacial score (nSPS) is 14.7. The van der Waals surface area contributed by atoms with Crippen LogP contribution in [0.25, 0.3) is 0 Å². The van der Waals surface area contributed by atoms with Crippen LogP contribution in [0.2, 0.25) is 0 Å². The van der Waals surface area contributed by atoms with E-state index in [2.05, 4.69) is 4.98 Å². The van der Waals surface area contributed by atoms with E-state index in [-0.39, 0.29) is 5.91 Å². The van der Waals surface area contributed by atoms with Gasteiger partial charge in [-0.15, -0.1) is 0 Å². The van der Waals surface area contributed by atoms with Gasteiger partial charge < -0.3 is 14.5 Å². The average Bonchev–Trinajstić information content (AvgIpc) is 2.62. The molecular formula is C17H19N3O2. The van der Waals surface area contributed by atoms with Crippen LogP contribution in [0.3, 0.4) is 0 Å².